The molecule has 3 heteroatoms. The minimum absolute atomic E-state index is 0.512. The average molecular weight is 199 g/mol. The number of nitrogens with two attached hydrogens (primary N) is 1. The van der Waals surface area contributed by atoms with Crippen LogP contribution in [-0.2, 0) is 13.6 Å². The summed E-state index contributed by atoms with van der Waals surface area (Å²) >= 11 is 0. The lowest BCUT2D eigenvalue weighted by Gasteiger charge is -1.98. The maximum Gasteiger partial charge on any atom is 0.0991 e. The standard InChI is InChI=1S/C12H13N3/c1-8-11(7-14)10-5-9(6-13)3-4-12(10)15(8)2/h3-5H,7,14H2,1-2H3. The Hall–Kier alpha value is -1.79. The third-order valence-corrected chi connectivity index (χ3v) is 2.96. The summed E-state index contributed by atoms with van der Waals surface area (Å²) in [7, 11) is 2.02. The second-order valence-electron chi connectivity index (χ2n) is 3.67. The number of aryl methyl sites for hydroxylation is 1. The van der Waals surface area contributed by atoms with E-state index in [0.717, 1.165) is 16.5 Å². The molecule has 1 heterocycles. The lowest BCUT2D eigenvalue weighted by atomic mass is 10.1. The lowest BCUT2D eigenvalue weighted by Crippen LogP contribution is -1.98. The van der Waals surface area contributed by atoms with Crippen LogP contribution < -0.4 is 5.73 Å². The summed E-state index contributed by atoms with van der Waals surface area (Å²) in [6, 6.07) is 7.86. The second kappa shape index (κ2) is 3.41. The van der Waals surface area contributed by atoms with Gasteiger partial charge in [0.2, 0.25) is 0 Å². The number of nitrogens with zero attached hydrogens (tertiary/aromatic N) is 2. The third-order valence-electron chi connectivity index (χ3n) is 2.96. The molecule has 0 spiro atoms. The van der Waals surface area contributed by atoms with Gasteiger partial charge in [-0.25, -0.2) is 0 Å². The number of benzene rings is 1. The first kappa shape index (κ1) is 9.75. The van der Waals surface area contributed by atoms with Gasteiger partial charge in [0, 0.05) is 30.2 Å². The van der Waals surface area contributed by atoms with E-state index in [1.807, 2.05) is 32.2 Å². The summed E-state index contributed by atoms with van der Waals surface area (Å²) in [5, 5.41) is 9.94. The first-order valence-electron chi connectivity index (χ1n) is 4.87. The van der Waals surface area contributed by atoms with Gasteiger partial charge >= 0.3 is 0 Å². The molecule has 0 aliphatic heterocycles. The van der Waals surface area contributed by atoms with Gasteiger partial charge in [0.1, 0.15) is 0 Å². The van der Waals surface area contributed by atoms with Gasteiger partial charge in [0.05, 0.1) is 11.6 Å². The van der Waals surface area contributed by atoms with Gasteiger partial charge in [0.15, 0.2) is 0 Å². The van der Waals surface area contributed by atoms with Crippen molar-refractivity contribution in [2.24, 2.45) is 12.8 Å². The predicted molar refractivity (Wildman–Crippen MR) is 60.3 cm³/mol. The molecular weight excluding hydrogens is 186 g/mol. The van der Waals surface area contributed by atoms with Crippen molar-refractivity contribution < 1.29 is 0 Å². The second-order valence-corrected chi connectivity index (χ2v) is 3.67. The van der Waals surface area contributed by atoms with Crippen molar-refractivity contribution in [3.63, 3.8) is 0 Å². The lowest BCUT2D eigenvalue weighted by molar-refractivity contribution is 0.894. The van der Waals surface area contributed by atoms with Crippen molar-refractivity contribution in [1.82, 2.24) is 4.57 Å². The van der Waals surface area contributed by atoms with Crippen LogP contribution in [0.25, 0.3) is 10.9 Å². The molecule has 3 nitrogen and oxygen atoms in total. The van der Waals surface area contributed by atoms with Gasteiger partial charge in [-0.05, 0) is 30.7 Å². The number of nitriles is 1. The fourth-order valence-corrected chi connectivity index (χ4v) is 1.98. The molecule has 0 fully saturated rings. The Labute approximate surface area is 88.7 Å². The molecule has 0 saturated heterocycles. The van der Waals surface area contributed by atoms with Crippen molar-refractivity contribution in [1.29, 1.82) is 5.26 Å². The topological polar surface area (TPSA) is 54.7 Å². The van der Waals surface area contributed by atoms with Crippen LogP contribution in [0.4, 0.5) is 0 Å². The van der Waals surface area contributed by atoms with Crippen molar-refractivity contribution in [3.05, 3.63) is 35.0 Å². The van der Waals surface area contributed by atoms with E-state index in [-0.39, 0.29) is 0 Å². The third kappa shape index (κ3) is 1.31. The highest BCUT2D eigenvalue weighted by Crippen LogP contribution is 2.25. The summed E-state index contributed by atoms with van der Waals surface area (Å²) in [6.07, 6.45) is 0. The molecule has 1 aromatic heterocycles. The molecule has 76 valence electrons. The van der Waals surface area contributed by atoms with Crippen molar-refractivity contribution >= 4 is 10.9 Å². The Morgan fingerprint density at radius 2 is 2.20 bits per heavy atom. The highest BCUT2D eigenvalue weighted by atomic mass is 14.9. The average Bonchev–Trinajstić information content (AvgIpc) is 2.51. The van der Waals surface area contributed by atoms with E-state index in [9.17, 15) is 0 Å². The van der Waals surface area contributed by atoms with Crippen LogP contribution in [0.2, 0.25) is 0 Å². The fourth-order valence-electron chi connectivity index (χ4n) is 1.98. The van der Waals surface area contributed by atoms with Crippen LogP contribution in [0.3, 0.4) is 0 Å². The van der Waals surface area contributed by atoms with Gasteiger partial charge in [-0.2, -0.15) is 5.26 Å². The molecule has 0 atom stereocenters. The molecule has 0 saturated carbocycles. The zero-order valence-corrected chi connectivity index (χ0v) is 8.91. The van der Waals surface area contributed by atoms with Crippen molar-refractivity contribution in [2.75, 3.05) is 0 Å². The molecule has 0 unspecified atom stereocenters. The Balaban J connectivity index is 2.87. The molecular formula is C12H13N3. The van der Waals surface area contributed by atoms with Gasteiger partial charge < -0.3 is 10.3 Å². The van der Waals surface area contributed by atoms with Crippen LogP contribution in [0.1, 0.15) is 16.8 Å². The quantitative estimate of drug-likeness (QED) is 0.761. The zero-order chi connectivity index (χ0) is 11.0. The molecule has 15 heavy (non-hydrogen) atoms. The van der Waals surface area contributed by atoms with E-state index >= 15 is 0 Å². The monoisotopic (exact) mass is 199 g/mol. The van der Waals surface area contributed by atoms with E-state index in [2.05, 4.69) is 10.6 Å². The van der Waals surface area contributed by atoms with Crippen LogP contribution in [0.5, 0.6) is 0 Å². The smallest absolute Gasteiger partial charge is 0.0991 e. The number of fused-ring (bicyclic) bond motifs is 1. The highest BCUT2D eigenvalue weighted by Gasteiger charge is 2.10. The Kier molecular flexibility index (Phi) is 2.22. The van der Waals surface area contributed by atoms with Gasteiger partial charge in [0.25, 0.3) is 0 Å². The normalized spacial score (nSPS) is 10.5. The van der Waals surface area contributed by atoms with Crippen LogP contribution in [-0.4, -0.2) is 4.57 Å². The molecule has 1 aromatic carbocycles. The maximum atomic E-state index is 8.85. The SMILES string of the molecule is Cc1c(CN)c2cc(C#N)ccc2n1C. The Bertz CT molecular complexity index is 558. The molecule has 0 amide bonds. The highest BCUT2D eigenvalue weighted by molar-refractivity contribution is 5.86. The van der Waals surface area contributed by atoms with Crippen LogP contribution in [0.15, 0.2) is 18.2 Å². The fraction of sp³-hybridized carbons (Fsp3) is 0.250. The summed E-state index contributed by atoms with van der Waals surface area (Å²) in [5.74, 6) is 0. The molecule has 0 bridgehead atoms. The van der Waals surface area contributed by atoms with Gasteiger partial charge in [-0.1, -0.05) is 0 Å². The van der Waals surface area contributed by atoms with Gasteiger partial charge in [-0.15, -0.1) is 0 Å². The zero-order valence-electron chi connectivity index (χ0n) is 8.91. The number of hydrogen-bond donors (Lipinski definition) is 1. The number of rotatable bonds is 1. The van der Waals surface area contributed by atoms with E-state index in [1.165, 1.54) is 5.69 Å². The summed E-state index contributed by atoms with van der Waals surface area (Å²) < 4.78 is 2.11. The molecule has 0 radical (unpaired) electrons. The first-order valence-corrected chi connectivity index (χ1v) is 4.87. The molecule has 2 rings (SSSR count). The van der Waals surface area contributed by atoms with E-state index in [0.29, 0.717) is 12.1 Å². The number of hydrogen-bond acceptors (Lipinski definition) is 2. The van der Waals surface area contributed by atoms with E-state index in [1.54, 1.807) is 0 Å². The summed E-state index contributed by atoms with van der Waals surface area (Å²) in [5.41, 5.74) is 9.84. The number of aromatic nitrogens is 1. The summed E-state index contributed by atoms with van der Waals surface area (Å²) in [4.78, 5) is 0. The molecule has 2 N–H and O–H groups in total. The summed E-state index contributed by atoms with van der Waals surface area (Å²) in [6.45, 7) is 2.56. The van der Waals surface area contributed by atoms with E-state index < -0.39 is 0 Å². The minimum Gasteiger partial charge on any atom is -0.348 e. The van der Waals surface area contributed by atoms with E-state index in [4.69, 9.17) is 11.0 Å². The Morgan fingerprint density at radius 3 is 2.80 bits per heavy atom. The maximum absolute atomic E-state index is 8.85. The molecule has 0 aliphatic rings. The van der Waals surface area contributed by atoms with Crippen molar-refractivity contribution in [3.8, 4) is 6.07 Å². The van der Waals surface area contributed by atoms with Crippen LogP contribution in [0, 0.1) is 18.3 Å². The van der Waals surface area contributed by atoms with Crippen molar-refractivity contribution in [2.45, 2.75) is 13.5 Å². The molecule has 0 aliphatic carbocycles. The minimum atomic E-state index is 0.512. The Morgan fingerprint density at radius 1 is 1.47 bits per heavy atom. The predicted octanol–water partition coefficient (Wildman–Crippen LogP) is 1.82. The molecule has 2 aromatic rings. The van der Waals surface area contributed by atoms with Gasteiger partial charge in [-0.3, -0.25) is 0 Å². The van der Waals surface area contributed by atoms with Crippen LogP contribution >= 0.6 is 0 Å². The first-order chi connectivity index (χ1) is 7.19. The largest absolute Gasteiger partial charge is 0.348 e.